The Morgan fingerprint density at radius 2 is 1.13 bits per heavy atom. The Hall–Kier alpha value is -2.09. The molecule has 0 atom stereocenters. The third-order valence-corrected chi connectivity index (χ3v) is 4.98. The fourth-order valence-electron chi connectivity index (χ4n) is 3.44. The largest absolute Gasteiger partial charge is 0.372 e. The standard InChI is InChI=1S/C24H34N2.ClHO4/c1-6-25(7-2)23-14-10-21(11-15-23)18-20(5)19-22-12-16-24(17-13-22)26(8-3)9-4;2-1(3,4)5/h10-18H,6-9,19H2,1-5H3;(H,2,3,4,5). The van der Waals surface area contributed by atoms with Gasteiger partial charge in [0.1, 0.15) is 0 Å². The maximum atomic E-state index is 8.60. The van der Waals surface area contributed by atoms with Gasteiger partial charge in [-0.1, -0.05) is 35.9 Å². The number of halogens is 1. The number of allylic oxidation sites excluding steroid dienone is 1. The predicted octanol–water partition coefficient (Wildman–Crippen LogP) is 1.90. The Balaban J connectivity index is 0.000000861. The van der Waals surface area contributed by atoms with Gasteiger partial charge in [0.15, 0.2) is 0 Å². The molecule has 7 heteroatoms. The lowest BCUT2D eigenvalue weighted by Gasteiger charge is -2.21. The second-order valence-corrected chi connectivity index (χ2v) is 7.96. The van der Waals surface area contributed by atoms with Crippen molar-refractivity contribution in [1.82, 2.24) is 0 Å². The molecule has 31 heavy (non-hydrogen) atoms. The first kappa shape index (κ1) is 26.9. The van der Waals surface area contributed by atoms with Crippen LogP contribution in [0.4, 0.5) is 11.4 Å². The number of benzene rings is 2. The van der Waals surface area contributed by atoms with Crippen molar-refractivity contribution in [2.24, 2.45) is 0 Å². The quantitative estimate of drug-likeness (QED) is 0.626. The van der Waals surface area contributed by atoms with Crippen molar-refractivity contribution in [2.45, 2.75) is 41.0 Å². The van der Waals surface area contributed by atoms with Crippen LogP contribution in [0.15, 0.2) is 54.1 Å². The van der Waals surface area contributed by atoms with Crippen LogP contribution in [0.3, 0.4) is 0 Å². The maximum Gasteiger partial charge on any atom is 0.0777 e. The van der Waals surface area contributed by atoms with Crippen LogP contribution in [0.25, 0.3) is 6.08 Å². The predicted molar refractivity (Wildman–Crippen MR) is 120 cm³/mol. The van der Waals surface area contributed by atoms with Crippen molar-refractivity contribution < 1.29 is 28.9 Å². The molecule has 0 aliphatic carbocycles. The average molecular weight is 451 g/mol. The van der Waals surface area contributed by atoms with Gasteiger partial charge in [-0.3, -0.25) is 0 Å². The minimum atomic E-state index is -4.69. The summed E-state index contributed by atoms with van der Waals surface area (Å²) < 4.78 is 32.7. The summed E-state index contributed by atoms with van der Waals surface area (Å²) in [5.74, 6) is 0. The zero-order chi connectivity index (χ0) is 23.4. The number of hydrogen-bond donors (Lipinski definition) is 1. The van der Waals surface area contributed by atoms with E-state index >= 15 is 0 Å². The monoisotopic (exact) mass is 450 g/mol. The molecular weight excluding hydrogens is 416 g/mol. The highest BCUT2D eigenvalue weighted by Gasteiger charge is 2.03. The molecule has 0 heterocycles. The fourth-order valence-corrected chi connectivity index (χ4v) is 3.44. The number of rotatable bonds is 9. The van der Waals surface area contributed by atoms with Crippen molar-refractivity contribution >= 4 is 17.5 Å². The molecule has 2 aromatic carbocycles. The third-order valence-electron chi connectivity index (χ3n) is 4.98. The van der Waals surface area contributed by atoms with Crippen LogP contribution in [0.1, 0.15) is 45.7 Å². The van der Waals surface area contributed by atoms with Crippen molar-refractivity contribution in [3.63, 3.8) is 0 Å². The van der Waals surface area contributed by atoms with E-state index in [0.29, 0.717) is 0 Å². The van der Waals surface area contributed by atoms with E-state index in [9.17, 15) is 0 Å². The van der Waals surface area contributed by atoms with E-state index in [1.165, 1.54) is 28.1 Å². The molecule has 6 nitrogen and oxygen atoms in total. The first-order chi connectivity index (χ1) is 14.6. The number of hydrogen-bond acceptors (Lipinski definition) is 6. The Morgan fingerprint density at radius 1 is 0.774 bits per heavy atom. The van der Waals surface area contributed by atoms with Crippen molar-refractivity contribution in [2.75, 3.05) is 36.0 Å². The zero-order valence-electron chi connectivity index (χ0n) is 19.2. The molecule has 0 radical (unpaired) electrons. The van der Waals surface area contributed by atoms with E-state index in [2.05, 4.69) is 99.0 Å². The van der Waals surface area contributed by atoms with Crippen LogP contribution in [0.2, 0.25) is 0 Å². The molecular formula is C24H35ClN2O4. The topological polar surface area (TPSA) is 95.9 Å². The summed E-state index contributed by atoms with van der Waals surface area (Å²) in [5, 5.41) is 0. The minimum absolute atomic E-state index is 0.996. The van der Waals surface area contributed by atoms with Gasteiger partial charge in [0, 0.05) is 37.6 Å². The summed E-state index contributed by atoms with van der Waals surface area (Å²) >= 11 is 0. The second-order valence-electron chi connectivity index (χ2n) is 7.17. The molecule has 0 saturated carbocycles. The third kappa shape index (κ3) is 10.7. The normalized spacial score (nSPS) is 11.6. The van der Waals surface area contributed by atoms with E-state index in [1.54, 1.807) is 0 Å². The first-order valence-corrected chi connectivity index (χ1v) is 11.9. The van der Waals surface area contributed by atoms with E-state index in [0.717, 1.165) is 32.6 Å². The molecule has 172 valence electrons. The van der Waals surface area contributed by atoms with Gasteiger partial charge in [-0.2, -0.15) is 14.0 Å². The summed E-state index contributed by atoms with van der Waals surface area (Å²) in [5.41, 5.74) is 6.65. The Kier molecular flexibility index (Phi) is 11.6. The second kappa shape index (κ2) is 13.3. The lowest BCUT2D eigenvalue weighted by Crippen LogP contribution is -2.58. The van der Waals surface area contributed by atoms with Gasteiger partial charge in [-0.15, -0.1) is 0 Å². The van der Waals surface area contributed by atoms with Gasteiger partial charge in [0.05, 0.1) is 14.9 Å². The number of anilines is 2. The number of nitrogens with zero attached hydrogens (tertiary/aromatic N) is 2. The van der Waals surface area contributed by atoms with Crippen LogP contribution in [0.5, 0.6) is 0 Å². The lowest BCUT2D eigenvalue weighted by atomic mass is 10.0. The van der Waals surface area contributed by atoms with Crippen LogP contribution in [-0.4, -0.2) is 30.8 Å². The van der Waals surface area contributed by atoms with E-state index in [4.69, 9.17) is 18.6 Å². The van der Waals surface area contributed by atoms with Crippen LogP contribution < -0.4 is 23.8 Å². The molecule has 0 spiro atoms. The van der Waals surface area contributed by atoms with Crippen molar-refractivity contribution in [3.05, 3.63) is 65.2 Å². The van der Waals surface area contributed by atoms with Crippen LogP contribution in [0, 0.1) is 10.2 Å². The Bertz CT molecular complexity index is 773. The molecule has 0 amide bonds. The molecule has 1 N–H and O–H groups in total. The highest BCUT2D eigenvalue weighted by molar-refractivity contribution is 5.58. The molecule has 0 unspecified atom stereocenters. The fraction of sp³-hybridized carbons (Fsp3) is 0.417. The lowest BCUT2D eigenvalue weighted by molar-refractivity contribution is -1.92. The SMILES string of the molecule is CCN(CC)c1ccc(C=C(C)Cc2ccc(N(CC)CC)cc2)cc1.[O-][Cl+3]([O-])([O-])O. The minimum Gasteiger partial charge on any atom is -0.372 e. The van der Waals surface area contributed by atoms with E-state index in [-0.39, 0.29) is 0 Å². The zero-order valence-corrected chi connectivity index (χ0v) is 19.9. The average Bonchev–Trinajstić information content (AvgIpc) is 2.71. The molecule has 0 fully saturated rings. The summed E-state index contributed by atoms with van der Waals surface area (Å²) in [7, 11) is -4.69. The highest BCUT2D eigenvalue weighted by atomic mass is 35.7. The van der Waals surface area contributed by atoms with Gasteiger partial charge in [0.25, 0.3) is 0 Å². The smallest absolute Gasteiger partial charge is 0.0777 e. The van der Waals surface area contributed by atoms with Gasteiger partial charge in [-0.05, 0) is 76.4 Å². The molecule has 0 bridgehead atoms. The summed E-state index contributed by atoms with van der Waals surface area (Å²) in [6.07, 6.45) is 3.29. The molecule has 2 rings (SSSR count). The summed E-state index contributed by atoms with van der Waals surface area (Å²) in [4.78, 5) is 4.75. The van der Waals surface area contributed by atoms with Crippen LogP contribution in [-0.2, 0) is 6.42 Å². The van der Waals surface area contributed by atoms with E-state index < -0.39 is 10.2 Å². The molecule has 0 aromatic heterocycles. The Labute approximate surface area is 188 Å². The molecule has 0 aliphatic rings. The molecule has 0 saturated heterocycles. The summed E-state index contributed by atoms with van der Waals surface area (Å²) in [6.45, 7) is 15.2. The van der Waals surface area contributed by atoms with Crippen molar-refractivity contribution in [1.29, 1.82) is 0 Å². The van der Waals surface area contributed by atoms with Gasteiger partial charge in [-0.25, -0.2) is 0 Å². The van der Waals surface area contributed by atoms with Crippen LogP contribution >= 0.6 is 0 Å². The van der Waals surface area contributed by atoms with Gasteiger partial charge in [0.2, 0.25) is 0 Å². The van der Waals surface area contributed by atoms with Gasteiger partial charge >= 0.3 is 0 Å². The molecule has 2 aromatic rings. The van der Waals surface area contributed by atoms with E-state index in [1.807, 2.05) is 0 Å². The first-order valence-electron chi connectivity index (χ1n) is 10.6. The summed E-state index contributed by atoms with van der Waals surface area (Å²) in [6, 6.07) is 17.9. The highest BCUT2D eigenvalue weighted by Crippen LogP contribution is 2.20. The van der Waals surface area contributed by atoms with Gasteiger partial charge < -0.3 is 9.80 Å². The maximum absolute atomic E-state index is 8.60. The molecule has 0 aliphatic heterocycles. The van der Waals surface area contributed by atoms with Crippen molar-refractivity contribution in [3.8, 4) is 0 Å². The Morgan fingerprint density at radius 3 is 1.48 bits per heavy atom.